The average molecular weight is 286 g/mol. The van der Waals surface area contributed by atoms with E-state index < -0.39 is 0 Å². The number of aromatic nitrogens is 2. The maximum atomic E-state index is 4.92. The zero-order chi connectivity index (χ0) is 15.0. The minimum absolute atomic E-state index is 0.199. The molecule has 1 aliphatic rings. The van der Waals surface area contributed by atoms with E-state index in [4.69, 9.17) is 4.98 Å². The summed E-state index contributed by atoms with van der Waals surface area (Å²) < 4.78 is 2.22. The molecule has 0 amide bonds. The molecule has 3 heterocycles. The number of fused-ring (bicyclic) bond motifs is 1. The van der Waals surface area contributed by atoms with Crippen molar-refractivity contribution in [3.63, 3.8) is 0 Å². The lowest BCUT2D eigenvalue weighted by molar-refractivity contribution is 0.510. The third-order valence-corrected chi connectivity index (χ3v) is 4.44. The highest BCUT2D eigenvalue weighted by Gasteiger charge is 2.35. The van der Waals surface area contributed by atoms with Gasteiger partial charge in [-0.1, -0.05) is 19.9 Å². The van der Waals surface area contributed by atoms with Crippen LogP contribution in [0.5, 0.6) is 0 Å². The summed E-state index contributed by atoms with van der Waals surface area (Å²) in [6.07, 6.45) is 4.60. The number of imidazole rings is 1. The predicted molar refractivity (Wildman–Crippen MR) is 87.8 cm³/mol. The second-order valence-electron chi connectivity index (χ2n) is 6.91. The summed E-state index contributed by atoms with van der Waals surface area (Å²) >= 11 is 0. The number of nitrogens with zero attached hydrogens (tertiary/aromatic N) is 3. The second kappa shape index (κ2) is 5.34. The van der Waals surface area contributed by atoms with Gasteiger partial charge in [0.2, 0.25) is 0 Å². The van der Waals surface area contributed by atoms with E-state index in [1.165, 1.54) is 18.5 Å². The van der Waals surface area contributed by atoms with E-state index in [2.05, 4.69) is 66.7 Å². The minimum atomic E-state index is 0.199. The molecule has 0 spiro atoms. The molecule has 0 saturated carbocycles. The van der Waals surface area contributed by atoms with E-state index >= 15 is 0 Å². The van der Waals surface area contributed by atoms with Crippen LogP contribution >= 0.6 is 0 Å². The molecule has 1 saturated heterocycles. The molecule has 0 bridgehead atoms. The fourth-order valence-corrected chi connectivity index (χ4v) is 3.22. The lowest BCUT2D eigenvalue weighted by Gasteiger charge is -2.32. The third kappa shape index (κ3) is 2.64. The quantitative estimate of drug-likeness (QED) is 0.936. The van der Waals surface area contributed by atoms with Crippen LogP contribution in [0.15, 0.2) is 24.4 Å². The third-order valence-electron chi connectivity index (χ3n) is 4.44. The van der Waals surface area contributed by atoms with E-state index in [0.717, 1.165) is 24.6 Å². The minimum Gasteiger partial charge on any atom is -0.350 e. The van der Waals surface area contributed by atoms with Crippen molar-refractivity contribution < 1.29 is 0 Å². The van der Waals surface area contributed by atoms with Gasteiger partial charge in [0.15, 0.2) is 5.82 Å². The van der Waals surface area contributed by atoms with Gasteiger partial charge in [-0.3, -0.25) is 0 Å². The maximum Gasteiger partial charge on any atom is 0.152 e. The summed E-state index contributed by atoms with van der Waals surface area (Å²) in [4.78, 5) is 7.40. The summed E-state index contributed by atoms with van der Waals surface area (Å²) in [6, 6.07) is 6.69. The fourth-order valence-electron chi connectivity index (χ4n) is 3.22. The van der Waals surface area contributed by atoms with Gasteiger partial charge in [-0.25, -0.2) is 4.98 Å². The van der Waals surface area contributed by atoms with Crippen LogP contribution in [-0.4, -0.2) is 27.5 Å². The number of pyridine rings is 1. The lowest BCUT2D eigenvalue weighted by Crippen LogP contribution is -2.39. The summed E-state index contributed by atoms with van der Waals surface area (Å²) in [5.74, 6) is 1.15. The van der Waals surface area contributed by atoms with Crippen molar-refractivity contribution in [3.8, 4) is 0 Å². The first-order valence-corrected chi connectivity index (χ1v) is 7.96. The zero-order valence-corrected chi connectivity index (χ0v) is 13.6. The number of rotatable bonds is 4. The number of anilines is 1. The normalized spacial score (nSPS) is 18.0. The summed E-state index contributed by atoms with van der Waals surface area (Å²) in [5.41, 5.74) is 2.51. The van der Waals surface area contributed by atoms with Gasteiger partial charge in [0, 0.05) is 30.9 Å². The second-order valence-corrected chi connectivity index (χ2v) is 6.91. The molecule has 0 aliphatic carbocycles. The van der Waals surface area contributed by atoms with Gasteiger partial charge in [-0.15, -0.1) is 0 Å². The van der Waals surface area contributed by atoms with Gasteiger partial charge in [-0.05, 0) is 38.8 Å². The molecule has 0 unspecified atom stereocenters. The molecule has 0 radical (unpaired) electrons. The Balaban J connectivity index is 2.06. The molecule has 4 nitrogen and oxygen atoms in total. The van der Waals surface area contributed by atoms with E-state index in [0.29, 0.717) is 6.04 Å². The van der Waals surface area contributed by atoms with Gasteiger partial charge in [0.25, 0.3) is 0 Å². The van der Waals surface area contributed by atoms with Gasteiger partial charge in [-0.2, -0.15) is 0 Å². The van der Waals surface area contributed by atoms with Gasteiger partial charge < -0.3 is 14.6 Å². The van der Waals surface area contributed by atoms with E-state index in [9.17, 15) is 0 Å². The number of hydrogen-bond acceptors (Lipinski definition) is 3. The molecular formula is C17H26N4. The van der Waals surface area contributed by atoms with Crippen molar-refractivity contribution in [1.82, 2.24) is 14.7 Å². The standard InChI is InChI=1S/C17H26N4/c1-13(2)18-12-14-16(21-11-7-9-17(21,3)4)19-15-8-5-6-10-20(14)15/h5-6,8,10,13,18H,7,9,11-12H2,1-4H3. The first kappa shape index (κ1) is 14.4. The SMILES string of the molecule is CC(C)NCc1c(N2CCCC2(C)C)nc2ccccn12. The van der Waals surface area contributed by atoms with E-state index in [1.54, 1.807) is 0 Å². The maximum absolute atomic E-state index is 4.92. The van der Waals surface area contributed by atoms with Gasteiger partial charge in [0.05, 0.1) is 5.69 Å². The Hall–Kier alpha value is -1.55. The molecule has 2 aromatic rings. The highest BCUT2D eigenvalue weighted by molar-refractivity contribution is 5.57. The van der Waals surface area contributed by atoms with E-state index in [-0.39, 0.29) is 5.54 Å². The predicted octanol–water partition coefficient (Wildman–Crippen LogP) is 3.21. The molecular weight excluding hydrogens is 260 g/mol. The molecule has 1 aliphatic heterocycles. The van der Waals surface area contributed by atoms with Crippen molar-refractivity contribution in [2.45, 2.75) is 58.7 Å². The molecule has 1 fully saturated rings. The van der Waals surface area contributed by atoms with Crippen LogP contribution in [0.25, 0.3) is 5.65 Å². The smallest absolute Gasteiger partial charge is 0.152 e. The molecule has 2 aromatic heterocycles. The largest absolute Gasteiger partial charge is 0.350 e. The Morgan fingerprint density at radius 1 is 1.33 bits per heavy atom. The lowest BCUT2D eigenvalue weighted by atomic mass is 10.0. The van der Waals surface area contributed by atoms with Crippen molar-refractivity contribution in [1.29, 1.82) is 0 Å². The Labute approximate surface area is 127 Å². The van der Waals surface area contributed by atoms with Crippen molar-refractivity contribution in [2.24, 2.45) is 0 Å². The highest BCUT2D eigenvalue weighted by atomic mass is 15.3. The molecule has 4 heteroatoms. The first-order chi connectivity index (χ1) is 9.99. The van der Waals surface area contributed by atoms with Crippen LogP contribution in [0.4, 0.5) is 5.82 Å². The molecule has 1 N–H and O–H groups in total. The van der Waals surface area contributed by atoms with Crippen molar-refractivity contribution in [3.05, 3.63) is 30.1 Å². The van der Waals surface area contributed by atoms with Crippen molar-refractivity contribution >= 4 is 11.5 Å². The monoisotopic (exact) mass is 286 g/mol. The molecule has 0 aromatic carbocycles. The van der Waals surface area contributed by atoms with Crippen molar-refractivity contribution in [2.75, 3.05) is 11.4 Å². The van der Waals surface area contributed by atoms with Crippen LogP contribution < -0.4 is 10.2 Å². The first-order valence-electron chi connectivity index (χ1n) is 7.96. The molecule has 114 valence electrons. The van der Waals surface area contributed by atoms with Crippen LogP contribution in [-0.2, 0) is 6.54 Å². The van der Waals surface area contributed by atoms with Crippen LogP contribution in [0, 0.1) is 0 Å². The molecule has 0 atom stereocenters. The molecule has 21 heavy (non-hydrogen) atoms. The Kier molecular flexibility index (Phi) is 3.66. The Morgan fingerprint density at radius 2 is 2.14 bits per heavy atom. The topological polar surface area (TPSA) is 32.6 Å². The Bertz CT molecular complexity index is 627. The number of hydrogen-bond donors (Lipinski definition) is 1. The number of nitrogens with one attached hydrogen (secondary N) is 1. The van der Waals surface area contributed by atoms with Gasteiger partial charge >= 0.3 is 0 Å². The van der Waals surface area contributed by atoms with E-state index in [1.807, 2.05) is 0 Å². The van der Waals surface area contributed by atoms with Crippen LogP contribution in [0.3, 0.4) is 0 Å². The summed E-state index contributed by atoms with van der Waals surface area (Å²) in [6.45, 7) is 11.0. The molecule has 3 rings (SSSR count). The Morgan fingerprint density at radius 3 is 2.81 bits per heavy atom. The van der Waals surface area contributed by atoms with Gasteiger partial charge in [0.1, 0.15) is 5.65 Å². The average Bonchev–Trinajstić information content (AvgIpc) is 2.95. The van der Waals surface area contributed by atoms with Crippen LogP contribution in [0.2, 0.25) is 0 Å². The highest BCUT2D eigenvalue weighted by Crippen LogP contribution is 2.35. The summed E-state index contributed by atoms with van der Waals surface area (Å²) in [7, 11) is 0. The van der Waals surface area contributed by atoms with Crippen LogP contribution in [0.1, 0.15) is 46.2 Å². The zero-order valence-electron chi connectivity index (χ0n) is 13.6. The summed E-state index contributed by atoms with van der Waals surface area (Å²) in [5, 5.41) is 3.54. The fraction of sp³-hybridized carbons (Fsp3) is 0.588.